The van der Waals surface area contributed by atoms with E-state index in [2.05, 4.69) is 15.3 Å². The van der Waals surface area contributed by atoms with Crippen molar-refractivity contribution in [1.29, 1.82) is 0 Å². The molecule has 0 aliphatic carbocycles. The van der Waals surface area contributed by atoms with E-state index < -0.39 is 0 Å². The van der Waals surface area contributed by atoms with Gasteiger partial charge in [0.15, 0.2) is 0 Å². The second kappa shape index (κ2) is 8.24. The van der Waals surface area contributed by atoms with Gasteiger partial charge in [-0.2, -0.15) is 0 Å². The molecular weight excluding hydrogens is 314 g/mol. The van der Waals surface area contributed by atoms with Gasteiger partial charge in [-0.3, -0.25) is 14.6 Å². The zero-order valence-corrected chi connectivity index (χ0v) is 14.0. The highest BCUT2D eigenvalue weighted by Gasteiger charge is 2.06. The SMILES string of the molecule is O=C(CCc1cc2ccccc2[nH]c1=O)NCCCc1cccnc1. The Kier molecular flexibility index (Phi) is 5.57. The van der Waals surface area contributed by atoms with Gasteiger partial charge in [0.2, 0.25) is 5.91 Å². The molecule has 2 N–H and O–H groups in total. The largest absolute Gasteiger partial charge is 0.356 e. The molecule has 0 saturated heterocycles. The van der Waals surface area contributed by atoms with Crippen LogP contribution in [0.25, 0.3) is 10.9 Å². The first-order valence-corrected chi connectivity index (χ1v) is 8.49. The van der Waals surface area contributed by atoms with Crippen LogP contribution in [0, 0.1) is 0 Å². The quantitative estimate of drug-likeness (QED) is 0.652. The number of aromatic amines is 1. The van der Waals surface area contributed by atoms with Crippen LogP contribution >= 0.6 is 0 Å². The number of pyridine rings is 2. The van der Waals surface area contributed by atoms with Crippen molar-refractivity contribution in [2.75, 3.05) is 6.54 Å². The Hall–Kier alpha value is -2.95. The zero-order chi connectivity index (χ0) is 17.5. The summed E-state index contributed by atoms with van der Waals surface area (Å²) in [4.78, 5) is 31.0. The molecule has 0 saturated carbocycles. The van der Waals surface area contributed by atoms with Crippen molar-refractivity contribution in [3.05, 3.63) is 76.3 Å². The van der Waals surface area contributed by atoms with Crippen LogP contribution in [0.5, 0.6) is 0 Å². The normalized spacial score (nSPS) is 10.7. The number of aromatic nitrogens is 2. The highest BCUT2D eigenvalue weighted by atomic mass is 16.1. The highest BCUT2D eigenvalue weighted by Crippen LogP contribution is 2.11. The fraction of sp³-hybridized carbons (Fsp3) is 0.250. The third-order valence-electron chi connectivity index (χ3n) is 4.14. The Morgan fingerprint density at radius 3 is 2.84 bits per heavy atom. The molecule has 0 atom stereocenters. The lowest BCUT2D eigenvalue weighted by molar-refractivity contribution is -0.121. The van der Waals surface area contributed by atoms with Crippen molar-refractivity contribution in [2.24, 2.45) is 0 Å². The molecule has 25 heavy (non-hydrogen) atoms. The summed E-state index contributed by atoms with van der Waals surface area (Å²) in [5, 5.41) is 3.89. The van der Waals surface area contributed by atoms with E-state index in [-0.39, 0.29) is 11.5 Å². The van der Waals surface area contributed by atoms with Crippen molar-refractivity contribution in [2.45, 2.75) is 25.7 Å². The maximum Gasteiger partial charge on any atom is 0.251 e. The standard InChI is InChI=1S/C20H21N3O2/c24-19(22-12-4-6-15-5-3-11-21-14-15)10-9-17-13-16-7-1-2-8-18(16)23-20(17)25/h1-3,5,7-8,11,13-14H,4,6,9-10,12H2,(H,22,24)(H,23,25). The molecule has 1 amide bonds. The summed E-state index contributed by atoms with van der Waals surface area (Å²) in [6.07, 6.45) is 6.10. The number of fused-ring (bicyclic) bond motifs is 1. The number of nitrogens with zero attached hydrogens (tertiary/aromatic N) is 1. The molecule has 5 heteroatoms. The van der Waals surface area contributed by atoms with Crippen molar-refractivity contribution in [3.63, 3.8) is 0 Å². The van der Waals surface area contributed by atoms with Crippen LogP contribution in [-0.4, -0.2) is 22.4 Å². The Labute approximate surface area is 146 Å². The van der Waals surface area contributed by atoms with Gasteiger partial charge in [-0.1, -0.05) is 24.3 Å². The van der Waals surface area contributed by atoms with E-state index in [9.17, 15) is 9.59 Å². The average Bonchev–Trinajstić information content (AvgIpc) is 2.64. The topological polar surface area (TPSA) is 74.8 Å². The van der Waals surface area contributed by atoms with Crippen LogP contribution in [0.4, 0.5) is 0 Å². The number of carbonyl (C=O) groups is 1. The number of amides is 1. The van der Waals surface area contributed by atoms with E-state index in [4.69, 9.17) is 0 Å². The summed E-state index contributed by atoms with van der Waals surface area (Å²) in [7, 11) is 0. The summed E-state index contributed by atoms with van der Waals surface area (Å²) < 4.78 is 0. The number of H-pyrrole nitrogens is 1. The van der Waals surface area contributed by atoms with Gasteiger partial charge < -0.3 is 10.3 Å². The van der Waals surface area contributed by atoms with Gasteiger partial charge in [0.1, 0.15) is 0 Å². The summed E-state index contributed by atoms with van der Waals surface area (Å²) in [5.74, 6) is -0.0289. The molecule has 2 aromatic heterocycles. The second-order valence-corrected chi connectivity index (χ2v) is 6.03. The minimum atomic E-state index is -0.122. The summed E-state index contributed by atoms with van der Waals surface area (Å²) >= 11 is 0. The molecule has 0 aliphatic rings. The van der Waals surface area contributed by atoms with Crippen molar-refractivity contribution in [3.8, 4) is 0 Å². The monoisotopic (exact) mass is 335 g/mol. The van der Waals surface area contributed by atoms with Crippen LogP contribution < -0.4 is 10.9 Å². The molecule has 0 radical (unpaired) electrons. The molecule has 0 spiro atoms. The third-order valence-corrected chi connectivity index (χ3v) is 4.14. The van der Waals surface area contributed by atoms with E-state index in [0.717, 1.165) is 23.7 Å². The van der Waals surface area contributed by atoms with Crippen molar-refractivity contribution in [1.82, 2.24) is 15.3 Å². The molecule has 5 nitrogen and oxygen atoms in total. The smallest absolute Gasteiger partial charge is 0.251 e. The number of benzene rings is 1. The zero-order valence-electron chi connectivity index (χ0n) is 14.0. The molecule has 3 rings (SSSR count). The number of rotatable bonds is 7. The molecule has 3 aromatic rings. The van der Waals surface area contributed by atoms with E-state index in [1.54, 1.807) is 6.20 Å². The first-order valence-electron chi connectivity index (χ1n) is 8.49. The Morgan fingerprint density at radius 2 is 2.00 bits per heavy atom. The van der Waals surface area contributed by atoms with E-state index in [1.165, 1.54) is 5.56 Å². The first-order chi connectivity index (χ1) is 12.2. The highest BCUT2D eigenvalue weighted by molar-refractivity contribution is 5.79. The predicted molar refractivity (Wildman–Crippen MR) is 98.5 cm³/mol. The maximum absolute atomic E-state index is 12.1. The van der Waals surface area contributed by atoms with Crippen molar-refractivity contribution < 1.29 is 4.79 Å². The number of hydrogen-bond acceptors (Lipinski definition) is 3. The minimum absolute atomic E-state index is 0.0289. The Balaban J connectivity index is 1.46. The summed E-state index contributed by atoms with van der Waals surface area (Å²) in [5.41, 5.74) is 2.50. The number of carbonyl (C=O) groups excluding carboxylic acids is 1. The molecule has 0 aliphatic heterocycles. The van der Waals surface area contributed by atoms with Crippen LogP contribution in [0.2, 0.25) is 0 Å². The van der Waals surface area contributed by atoms with Gasteiger partial charge in [-0.25, -0.2) is 0 Å². The first kappa shape index (κ1) is 16.9. The summed E-state index contributed by atoms with van der Waals surface area (Å²) in [6.45, 7) is 0.627. The van der Waals surface area contributed by atoms with Crippen LogP contribution in [0.3, 0.4) is 0 Å². The minimum Gasteiger partial charge on any atom is -0.356 e. The molecule has 0 fully saturated rings. The van der Waals surface area contributed by atoms with E-state index in [0.29, 0.717) is 24.9 Å². The lowest BCUT2D eigenvalue weighted by atomic mass is 10.1. The van der Waals surface area contributed by atoms with Gasteiger partial charge in [-0.05, 0) is 48.4 Å². The van der Waals surface area contributed by atoms with Crippen LogP contribution in [0.15, 0.2) is 59.7 Å². The average molecular weight is 335 g/mol. The molecule has 1 aromatic carbocycles. The fourth-order valence-electron chi connectivity index (χ4n) is 2.78. The van der Waals surface area contributed by atoms with Crippen LogP contribution in [-0.2, 0) is 17.6 Å². The number of hydrogen-bond donors (Lipinski definition) is 2. The van der Waals surface area contributed by atoms with Crippen molar-refractivity contribution >= 4 is 16.8 Å². The van der Waals surface area contributed by atoms with Gasteiger partial charge >= 0.3 is 0 Å². The molecule has 0 unspecified atom stereocenters. The van der Waals surface area contributed by atoms with Gasteiger partial charge in [-0.15, -0.1) is 0 Å². The molecule has 128 valence electrons. The maximum atomic E-state index is 12.1. The van der Waals surface area contributed by atoms with E-state index in [1.807, 2.05) is 48.7 Å². The van der Waals surface area contributed by atoms with Gasteiger partial charge in [0.05, 0.1) is 0 Å². The molecule has 2 heterocycles. The summed E-state index contributed by atoms with van der Waals surface area (Å²) in [6, 6.07) is 13.4. The molecule has 0 bridgehead atoms. The number of para-hydroxylation sites is 1. The molecular formula is C20H21N3O2. The third kappa shape index (κ3) is 4.76. The Morgan fingerprint density at radius 1 is 1.12 bits per heavy atom. The van der Waals surface area contributed by atoms with Gasteiger partial charge in [0.25, 0.3) is 5.56 Å². The Bertz CT molecular complexity index is 903. The number of nitrogens with one attached hydrogen (secondary N) is 2. The fourth-order valence-corrected chi connectivity index (χ4v) is 2.78. The lowest BCUT2D eigenvalue weighted by Crippen LogP contribution is -2.26. The predicted octanol–water partition coefficient (Wildman–Crippen LogP) is 2.60. The second-order valence-electron chi connectivity index (χ2n) is 6.03. The van der Waals surface area contributed by atoms with E-state index >= 15 is 0 Å². The number of aryl methyl sites for hydroxylation is 2. The van der Waals surface area contributed by atoms with Crippen LogP contribution in [0.1, 0.15) is 24.0 Å². The lowest BCUT2D eigenvalue weighted by Gasteiger charge is -2.06. The van der Waals surface area contributed by atoms with Gasteiger partial charge in [0, 0.05) is 36.4 Å².